The highest BCUT2D eigenvalue weighted by Gasteiger charge is 2.19. The summed E-state index contributed by atoms with van der Waals surface area (Å²) in [6.45, 7) is 2.17. The van der Waals surface area contributed by atoms with Gasteiger partial charge in [0.05, 0.1) is 5.69 Å². The van der Waals surface area contributed by atoms with E-state index < -0.39 is 0 Å². The standard InChI is InChI=1S/C20H25N3O4/c24-20(23-9-5-3-1-2-4-6-10-23)17-11-15(21-22-17)13-25-16-7-8-18-19(12-16)27-14-26-18/h7-8,11-12H,1-6,9-10,13-14H2,(H,21,22). The number of ether oxygens (including phenoxy) is 3. The molecule has 1 N–H and O–H groups in total. The highest BCUT2D eigenvalue weighted by molar-refractivity contribution is 5.92. The molecule has 2 aliphatic heterocycles. The first-order chi connectivity index (χ1) is 13.3. The number of benzene rings is 1. The zero-order valence-corrected chi connectivity index (χ0v) is 15.4. The minimum Gasteiger partial charge on any atom is -0.487 e. The number of amides is 1. The summed E-state index contributed by atoms with van der Waals surface area (Å²) in [6.07, 6.45) is 7.06. The number of carbonyl (C=O) groups excluding carboxylic acids is 1. The Morgan fingerprint density at radius 1 is 1.04 bits per heavy atom. The number of aromatic nitrogens is 2. The fourth-order valence-electron chi connectivity index (χ4n) is 3.46. The van der Waals surface area contributed by atoms with Crippen LogP contribution in [0.1, 0.15) is 54.7 Å². The first-order valence-electron chi connectivity index (χ1n) is 9.65. The van der Waals surface area contributed by atoms with E-state index in [2.05, 4.69) is 10.2 Å². The van der Waals surface area contributed by atoms with Gasteiger partial charge in [-0.25, -0.2) is 0 Å². The highest BCUT2D eigenvalue weighted by Crippen LogP contribution is 2.35. The minimum absolute atomic E-state index is 0.00230. The van der Waals surface area contributed by atoms with E-state index in [9.17, 15) is 4.79 Å². The fourth-order valence-corrected chi connectivity index (χ4v) is 3.46. The molecule has 3 heterocycles. The number of H-pyrrole nitrogens is 1. The number of nitrogens with one attached hydrogen (secondary N) is 1. The number of hydrogen-bond donors (Lipinski definition) is 1. The predicted octanol–water partition coefficient (Wildman–Crippen LogP) is 3.51. The summed E-state index contributed by atoms with van der Waals surface area (Å²) >= 11 is 0. The molecule has 0 spiro atoms. The van der Waals surface area contributed by atoms with Gasteiger partial charge >= 0.3 is 0 Å². The second kappa shape index (κ2) is 8.33. The van der Waals surface area contributed by atoms with Gasteiger partial charge in [-0.05, 0) is 31.0 Å². The van der Waals surface area contributed by atoms with Crippen molar-refractivity contribution >= 4 is 5.91 Å². The molecule has 1 aromatic heterocycles. The van der Waals surface area contributed by atoms with Crippen LogP contribution in [0.15, 0.2) is 24.3 Å². The van der Waals surface area contributed by atoms with Gasteiger partial charge in [-0.3, -0.25) is 9.89 Å². The molecule has 4 rings (SSSR count). The Morgan fingerprint density at radius 2 is 1.78 bits per heavy atom. The van der Waals surface area contributed by atoms with Gasteiger partial charge in [0.2, 0.25) is 6.79 Å². The summed E-state index contributed by atoms with van der Waals surface area (Å²) in [6, 6.07) is 7.24. The Balaban J connectivity index is 1.35. The Bertz CT molecular complexity index is 779. The molecule has 144 valence electrons. The van der Waals surface area contributed by atoms with Gasteiger partial charge < -0.3 is 19.1 Å². The number of hydrogen-bond acceptors (Lipinski definition) is 5. The molecule has 7 heteroatoms. The van der Waals surface area contributed by atoms with E-state index in [0.717, 1.165) is 37.4 Å². The van der Waals surface area contributed by atoms with Crippen LogP contribution in [0.5, 0.6) is 17.2 Å². The van der Waals surface area contributed by atoms with Crippen LogP contribution in [-0.2, 0) is 6.61 Å². The molecule has 27 heavy (non-hydrogen) atoms. The normalized spacial score (nSPS) is 17.1. The number of aromatic amines is 1. The van der Waals surface area contributed by atoms with Gasteiger partial charge in [0.15, 0.2) is 17.2 Å². The lowest BCUT2D eigenvalue weighted by Gasteiger charge is -2.20. The molecular formula is C20H25N3O4. The van der Waals surface area contributed by atoms with Crippen molar-refractivity contribution in [3.05, 3.63) is 35.7 Å². The van der Waals surface area contributed by atoms with Crippen molar-refractivity contribution in [3.63, 3.8) is 0 Å². The van der Waals surface area contributed by atoms with Crippen LogP contribution in [0.4, 0.5) is 0 Å². The van der Waals surface area contributed by atoms with Gasteiger partial charge in [-0.1, -0.05) is 25.7 Å². The molecule has 1 fully saturated rings. The average molecular weight is 371 g/mol. The topological polar surface area (TPSA) is 76.7 Å². The van der Waals surface area contributed by atoms with Crippen LogP contribution in [0.3, 0.4) is 0 Å². The predicted molar refractivity (Wildman–Crippen MR) is 99.1 cm³/mol. The molecule has 0 radical (unpaired) electrons. The Hall–Kier alpha value is -2.70. The second-order valence-corrected chi connectivity index (χ2v) is 7.00. The van der Waals surface area contributed by atoms with Crippen molar-refractivity contribution in [1.29, 1.82) is 0 Å². The lowest BCUT2D eigenvalue weighted by molar-refractivity contribution is 0.0746. The van der Waals surface area contributed by atoms with Crippen molar-refractivity contribution in [2.75, 3.05) is 19.9 Å². The molecule has 1 amide bonds. The van der Waals surface area contributed by atoms with E-state index in [1.54, 1.807) is 12.1 Å². The molecule has 2 aliphatic rings. The van der Waals surface area contributed by atoms with E-state index in [4.69, 9.17) is 14.2 Å². The van der Waals surface area contributed by atoms with Crippen molar-refractivity contribution < 1.29 is 19.0 Å². The molecule has 1 saturated heterocycles. The summed E-state index contributed by atoms with van der Waals surface area (Å²) in [5.41, 5.74) is 1.22. The zero-order chi connectivity index (χ0) is 18.5. The largest absolute Gasteiger partial charge is 0.487 e. The summed E-state index contributed by atoms with van der Waals surface area (Å²) < 4.78 is 16.4. The summed E-state index contributed by atoms with van der Waals surface area (Å²) in [4.78, 5) is 14.7. The monoisotopic (exact) mass is 371 g/mol. The van der Waals surface area contributed by atoms with E-state index in [1.807, 2.05) is 17.0 Å². The Kier molecular flexibility index (Phi) is 5.46. The summed E-state index contributed by atoms with van der Waals surface area (Å²) in [7, 11) is 0. The van der Waals surface area contributed by atoms with Crippen LogP contribution >= 0.6 is 0 Å². The highest BCUT2D eigenvalue weighted by atomic mass is 16.7. The molecule has 0 atom stereocenters. The van der Waals surface area contributed by atoms with E-state index in [-0.39, 0.29) is 12.7 Å². The Morgan fingerprint density at radius 3 is 2.59 bits per heavy atom. The summed E-state index contributed by atoms with van der Waals surface area (Å²) in [5, 5.41) is 7.11. The fraction of sp³-hybridized carbons (Fsp3) is 0.500. The maximum absolute atomic E-state index is 12.8. The summed E-state index contributed by atoms with van der Waals surface area (Å²) in [5.74, 6) is 2.09. The average Bonchev–Trinajstić information content (AvgIpc) is 3.36. The van der Waals surface area contributed by atoms with E-state index >= 15 is 0 Å². The van der Waals surface area contributed by atoms with Crippen molar-refractivity contribution in [2.24, 2.45) is 0 Å². The molecule has 0 saturated carbocycles. The van der Waals surface area contributed by atoms with Crippen molar-refractivity contribution in [2.45, 2.75) is 45.1 Å². The molecular weight excluding hydrogens is 346 g/mol. The van der Waals surface area contributed by atoms with Gasteiger partial charge in [0.25, 0.3) is 5.91 Å². The number of fused-ring (bicyclic) bond motifs is 1. The SMILES string of the molecule is O=C(c1cc(COc2ccc3c(c2)OCO3)[nH]n1)N1CCCCCCCC1. The molecule has 0 bridgehead atoms. The number of rotatable bonds is 4. The second-order valence-electron chi connectivity index (χ2n) is 7.00. The number of nitrogens with zero attached hydrogens (tertiary/aromatic N) is 2. The van der Waals surface area contributed by atoms with Crippen LogP contribution < -0.4 is 14.2 Å². The third-order valence-electron chi connectivity index (χ3n) is 4.98. The van der Waals surface area contributed by atoms with Crippen LogP contribution in [-0.4, -0.2) is 40.9 Å². The minimum atomic E-state index is 0.00230. The maximum atomic E-state index is 12.8. The van der Waals surface area contributed by atoms with Gasteiger partial charge in [-0.15, -0.1) is 0 Å². The third kappa shape index (κ3) is 4.35. The first kappa shape index (κ1) is 17.7. The van der Waals surface area contributed by atoms with Crippen molar-refractivity contribution in [3.8, 4) is 17.2 Å². The van der Waals surface area contributed by atoms with Gasteiger partial charge in [0.1, 0.15) is 12.4 Å². The lowest BCUT2D eigenvalue weighted by Crippen LogP contribution is -2.33. The van der Waals surface area contributed by atoms with Crippen LogP contribution in [0.2, 0.25) is 0 Å². The molecule has 0 unspecified atom stereocenters. The lowest BCUT2D eigenvalue weighted by atomic mass is 10.1. The van der Waals surface area contributed by atoms with Gasteiger partial charge in [-0.2, -0.15) is 5.10 Å². The van der Waals surface area contributed by atoms with E-state index in [0.29, 0.717) is 23.8 Å². The van der Waals surface area contributed by atoms with Crippen LogP contribution in [0, 0.1) is 0 Å². The first-order valence-corrected chi connectivity index (χ1v) is 9.65. The molecule has 2 aromatic rings. The third-order valence-corrected chi connectivity index (χ3v) is 4.98. The van der Waals surface area contributed by atoms with E-state index in [1.165, 1.54) is 25.7 Å². The quantitative estimate of drug-likeness (QED) is 0.890. The zero-order valence-electron chi connectivity index (χ0n) is 15.4. The molecule has 0 aliphatic carbocycles. The molecule has 1 aromatic carbocycles. The smallest absolute Gasteiger partial charge is 0.274 e. The molecule has 7 nitrogen and oxygen atoms in total. The Labute approximate surface area is 158 Å². The number of carbonyl (C=O) groups is 1. The van der Waals surface area contributed by atoms with Crippen molar-refractivity contribution in [1.82, 2.24) is 15.1 Å². The maximum Gasteiger partial charge on any atom is 0.274 e. The van der Waals surface area contributed by atoms with Crippen LogP contribution in [0.25, 0.3) is 0 Å². The van der Waals surface area contributed by atoms with Gasteiger partial charge in [0, 0.05) is 19.2 Å².